The SMILES string of the molecule is CC1CCC(C)N(c2nc(C(C)C)c(CN)s2)C1. The van der Waals surface area contributed by atoms with E-state index in [4.69, 9.17) is 10.7 Å². The monoisotopic (exact) mass is 267 g/mol. The minimum Gasteiger partial charge on any atom is -0.345 e. The van der Waals surface area contributed by atoms with Crippen LogP contribution in [0.1, 0.15) is 57.0 Å². The van der Waals surface area contributed by atoms with E-state index in [0.29, 0.717) is 18.5 Å². The van der Waals surface area contributed by atoms with Gasteiger partial charge in [0.15, 0.2) is 5.13 Å². The molecule has 0 bridgehead atoms. The molecule has 1 aromatic rings. The Labute approximate surface area is 114 Å². The topological polar surface area (TPSA) is 42.2 Å². The predicted octanol–water partition coefficient (Wildman–Crippen LogP) is 3.35. The van der Waals surface area contributed by atoms with Crippen molar-refractivity contribution in [2.24, 2.45) is 11.7 Å². The van der Waals surface area contributed by atoms with Gasteiger partial charge in [0, 0.05) is 24.0 Å². The summed E-state index contributed by atoms with van der Waals surface area (Å²) in [5.74, 6) is 1.24. The summed E-state index contributed by atoms with van der Waals surface area (Å²) in [5, 5.41) is 1.18. The molecule has 2 unspecified atom stereocenters. The lowest BCUT2D eigenvalue weighted by Crippen LogP contribution is -2.41. The Hall–Kier alpha value is -0.610. The maximum absolute atomic E-state index is 5.85. The zero-order valence-corrected chi connectivity index (χ0v) is 12.8. The van der Waals surface area contributed by atoms with E-state index in [9.17, 15) is 0 Å². The first-order valence-electron chi connectivity index (χ1n) is 6.99. The quantitative estimate of drug-likeness (QED) is 0.913. The first-order valence-corrected chi connectivity index (χ1v) is 7.80. The Balaban J connectivity index is 2.27. The smallest absolute Gasteiger partial charge is 0.186 e. The maximum atomic E-state index is 5.85. The Morgan fingerprint density at radius 1 is 1.39 bits per heavy atom. The molecule has 1 aromatic heterocycles. The van der Waals surface area contributed by atoms with Gasteiger partial charge in [-0.15, -0.1) is 11.3 Å². The van der Waals surface area contributed by atoms with Crippen molar-refractivity contribution in [2.45, 2.75) is 59.0 Å². The molecule has 0 aromatic carbocycles. The summed E-state index contributed by atoms with van der Waals surface area (Å²) in [6.45, 7) is 10.8. The molecule has 1 fully saturated rings. The lowest BCUT2D eigenvalue weighted by Gasteiger charge is -2.36. The molecule has 18 heavy (non-hydrogen) atoms. The Bertz CT molecular complexity index is 400. The Kier molecular flexibility index (Phi) is 4.28. The van der Waals surface area contributed by atoms with Crippen molar-refractivity contribution >= 4 is 16.5 Å². The molecular weight excluding hydrogens is 242 g/mol. The fraction of sp³-hybridized carbons (Fsp3) is 0.786. The van der Waals surface area contributed by atoms with Crippen LogP contribution in [0.4, 0.5) is 5.13 Å². The minimum atomic E-state index is 0.464. The lowest BCUT2D eigenvalue weighted by molar-refractivity contribution is 0.390. The van der Waals surface area contributed by atoms with E-state index < -0.39 is 0 Å². The van der Waals surface area contributed by atoms with Crippen LogP contribution < -0.4 is 10.6 Å². The van der Waals surface area contributed by atoms with Gasteiger partial charge in [0.2, 0.25) is 0 Å². The highest BCUT2D eigenvalue weighted by Gasteiger charge is 2.26. The van der Waals surface area contributed by atoms with Gasteiger partial charge in [-0.2, -0.15) is 0 Å². The van der Waals surface area contributed by atoms with Crippen LogP contribution >= 0.6 is 11.3 Å². The van der Waals surface area contributed by atoms with E-state index in [1.54, 1.807) is 11.3 Å². The van der Waals surface area contributed by atoms with Gasteiger partial charge in [-0.3, -0.25) is 0 Å². The summed E-state index contributed by atoms with van der Waals surface area (Å²) in [6.07, 6.45) is 2.61. The second-order valence-corrected chi connectivity index (χ2v) is 6.91. The standard InChI is InChI=1S/C14H25N3S/c1-9(2)13-12(7-15)18-14(16-13)17-8-10(3)5-6-11(17)4/h9-11H,5-8,15H2,1-4H3. The summed E-state index contributed by atoms with van der Waals surface area (Å²) in [7, 11) is 0. The third kappa shape index (κ3) is 2.69. The molecule has 2 heterocycles. The molecule has 1 aliphatic heterocycles. The summed E-state index contributed by atoms with van der Waals surface area (Å²) < 4.78 is 0. The van der Waals surface area contributed by atoms with Gasteiger partial charge in [0.1, 0.15) is 0 Å². The number of hydrogen-bond donors (Lipinski definition) is 1. The summed E-state index contributed by atoms with van der Waals surface area (Å²) in [5.41, 5.74) is 7.04. The third-order valence-corrected chi connectivity index (χ3v) is 4.94. The Morgan fingerprint density at radius 3 is 2.67 bits per heavy atom. The summed E-state index contributed by atoms with van der Waals surface area (Å²) in [6, 6.07) is 0.609. The average molecular weight is 267 g/mol. The number of thiazole rings is 1. The number of nitrogens with two attached hydrogens (primary N) is 1. The van der Waals surface area contributed by atoms with Crippen molar-refractivity contribution in [3.8, 4) is 0 Å². The van der Waals surface area contributed by atoms with Crippen LogP contribution in [-0.2, 0) is 6.54 Å². The minimum absolute atomic E-state index is 0.464. The Morgan fingerprint density at radius 2 is 2.11 bits per heavy atom. The van der Waals surface area contributed by atoms with Crippen molar-refractivity contribution in [3.05, 3.63) is 10.6 Å². The molecular formula is C14H25N3S. The molecule has 0 spiro atoms. The molecule has 2 N–H and O–H groups in total. The predicted molar refractivity (Wildman–Crippen MR) is 79.3 cm³/mol. The largest absolute Gasteiger partial charge is 0.345 e. The molecule has 0 radical (unpaired) electrons. The van der Waals surface area contributed by atoms with Crippen molar-refractivity contribution in [3.63, 3.8) is 0 Å². The molecule has 2 atom stereocenters. The number of aromatic nitrogens is 1. The van der Waals surface area contributed by atoms with Crippen LogP contribution in [0, 0.1) is 5.92 Å². The third-order valence-electron chi connectivity index (χ3n) is 3.81. The molecule has 0 amide bonds. The van der Waals surface area contributed by atoms with E-state index in [1.165, 1.54) is 28.5 Å². The highest BCUT2D eigenvalue weighted by Crippen LogP contribution is 2.34. The average Bonchev–Trinajstić information content (AvgIpc) is 2.76. The fourth-order valence-electron chi connectivity index (χ4n) is 2.63. The second-order valence-electron chi connectivity index (χ2n) is 5.85. The maximum Gasteiger partial charge on any atom is 0.186 e. The molecule has 4 heteroatoms. The van der Waals surface area contributed by atoms with Gasteiger partial charge >= 0.3 is 0 Å². The number of nitrogens with zero attached hydrogens (tertiary/aromatic N) is 2. The van der Waals surface area contributed by atoms with Crippen LogP contribution in [0.3, 0.4) is 0 Å². The molecule has 1 saturated heterocycles. The van der Waals surface area contributed by atoms with Gasteiger partial charge in [-0.25, -0.2) is 4.98 Å². The van der Waals surface area contributed by atoms with E-state index in [-0.39, 0.29) is 0 Å². The highest BCUT2D eigenvalue weighted by atomic mass is 32.1. The summed E-state index contributed by atoms with van der Waals surface area (Å²) in [4.78, 5) is 8.58. The number of anilines is 1. The molecule has 102 valence electrons. The van der Waals surface area contributed by atoms with Crippen molar-refractivity contribution < 1.29 is 0 Å². The van der Waals surface area contributed by atoms with Crippen LogP contribution in [0.2, 0.25) is 0 Å². The first-order chi connectivity index (χ1) is 8.52. The molecule has 0 saturated carbocycles. The molecule has 0 aliphatic carbocycles. The van der Waals surface area contributed by atoms with Crippen molar-refractivity contribution in [1.29, 1.82) is 0 Å². The summed E-state index contributed by atoms with van der Waals surface area (Å²) >= 11 is 1.79. The zero-order chi connectivity index (χ0) is 13.3. The number of rotatable bonds is 3. The number of hydrogen-bond acceptors (Lipinski definition) is 4. The van der Waals surface area contributed by atoms with Crippen LogP contribution in [0.25, 0.3) is 0 Å². The highest BCUT2D eigenvalue weighted by molar-refractivity contribution is 7.15. The van der Waals surface area contributed by atoms with Crippen LogP contribution in [0.15, 0.2) is 0 Å². The van der Waals surface area contributed by atoms with Gasteiger partial charge in [0.05, 0.1) is 5.69 Å². The van der Waals surface area contributed by atoms with E-state index in [0.717, 1.165) is 12.5 Å². The van der Waals surface area contributed by atoms with Gasteiger partial charge in [-0.05, 0) is 31.6 Å². The van der Waals surface area contributed by atoms with Gasteiger partial charge in [-0.1, -0.05) is 20.8 Å². The molecule has 3 nitrogen and oxygen atoms in total. The second kappa shape index (κ2) is 5.57. The van der Waals surface area contributed by atoms with E-state index in [1.807, 2.05) is 0 Å². The first kappa shape index (κ1) is 13.8. The molecule has 1 aliphatic rings. The van der Waals surface area contributed by atoms with Crippen molar-refractivity contribution in [1.82, 2.24) is 4.98 Å². The van der Waals surface area contributed by atoms with E-state index >= 15 is 0 Å². The lowest BCUT2D eigenvalue weighted by atomic mass is 9.96. The van der Waals surface area contributed by atoms with Crippen LogP contribution in [0.5, 0.6) is 0 Å². The van der Waals surface area contributed by atoms with Crippen LogP contribution in [-0.4, -0.2) is 17.6 Å². The van der Waals surface area contributed by atoms with E-state index in [2.05, 4.69) is 32.6 Å². The normalized spacial score (nSPS) is 24.9. The van der Waals surface area contributed by atoms with Gasteiger partial charge in [0.25, 0.3) is 0 Å². The van der Waals surface area contributed by atoms with Gasteiger partial charge < -0.3 is 10.6 Å². The number of piperidine rings is 1. The fourth-order valence-corrected chi connectivity index (χ4v) is 3.83. The van der Waals surface area contributed by atoms with Crippen molar-refractivity contribution in [2.75, 3.05) is 11.4 Å². The molecule has 2 rings (SSSR count). The zero-order valence-electron chi connectivity index (χ0n) is 11.9.